The van der Waals surface area contributed by atoms with Gasteiger partial charge in [0, 0.05) is 43.7 Å². The third kappa shape index (κ3) is 3.24. The van der Waals surface area contributed by atoms with Gasteiger partial charge in [0.1, 0.15) is 11.5 Å². The summed E-state index contributed by atoms with van der Waals surface area (Å²) in [6.45, 7) is 4.53. The average Bonchev–Trinajstić information content (AvgIpc) is 2.54. The number of piperazine rings is 1. The van der Waals surface area contributed by atoms with E-state index in [0.29, 0.717) is 54.7 Å². The fraction of sp³-hybridized carbons (Fsp3) is 0.400. The van der Waals surface area contributed by atoms with Crippen LogP contribution in [-0.4, -0.2) is 53.7 Å². The minimum absolute atomic E-state index is 0.217. The van der Waals surface area contributed by atoms with Gasteiger partial charge in [0.2, 0.25) is 5.56 Å². The van der Waals surface area contributed by atoms with E-state index < -0.39 is 0 Å². The van der Waals surface area contributed by atoms with Crippen LogP contribution in [0, 0.1) is 0 Å². The molecular weight excluding hydrogens is 320 g/mol. The summed E-state index contributed by atoms with van der Waals surface area (Å²) < 4.78 is 5.00. The lowest BCUT2D eigenvalue weighted by molar-refractivity contribution is 0.105. The summed E-state index contributed by atoms with van der Waals surface area (Å²) in [6, 6.07) is 4.86. The zero-order chi connectivity index (χ0) is 16.4. The molecule has 2 aromatic heterocycles. The van der Waals surface area contributed by atoms with Crippen LogP contribution >= 0.6 is 11.6 Å². The number of ether oxygens (including phenoxy) is 1. The van der Waals surface area contributed by atoms with E-state index in [1.54, 1.807) is 24.0 Å². The van der Waals surface area contributed by atoms with Gasteiger partial charge >= 0.3 is 6.09 Å². The molecule has 0 radical (unpaired) electrons. The molecular formula is C15H17ClN4O3. The SMILES string of the molecule is CCOC(=O)N1CCN(c2cc(Cl)c3ccc(=O)[nH]c3n2)CC1. The normalized spacial score (nSPS) is 15.0. The van der Waals surface area contributed by atoms with Gasteiger partial charge in [0.15, 0.2) is 0 Å². The van der Waals surface area contributed by atoms with E-state index in [2.05, 4.69) is 9.97 Å². The number of nitrogens with zero attached hydrogens (tertiary/aromatic N) is 3. The summed E-state index contributed by atoms with van der Waals surface area (Å²) >= 11 is 6.28. The molecule has 1 aliphatic rings. The number of aromatic nitrogens is 2. The highest BCUT2D eigenvalue weighted by Crippen LogP contribution is 2.25. The van der Waals surface area contributed by atoms with Gasteiger partial charge in [-0.15, -0.1) is 0 Å². The van der Waals surface area contributed by atoms with Crippen LogP contribution in [0.4, 0.5) is 10.6 Å². The van der Waals surface area contributed by atoms with Crippen molar-refractivity contribution in [3.63, 3.8) is 0 Å². The number of H-pyrrole nitrogens is 1. The smallest absolute Gasteiger partial charge is 0.409 e. The van der Waals surface area contributed by atoms with Gasteiger partial charge in [-0.05, 0) is 13.0 Å². The fourth-order valence-electron chi connectivity index (χ4n) is 2.58. The predicted octanol–water partition coefficient (Wildman–Crippen LogP) is 1.85. The number of nitrogens with one attached hydrogen (secondary N) is 1. The molecule has 122 valence electrons. The van der Waals surface area contributed by atoms with Gasteiger partial charge in [-0.25, -0.2) is 9.78 Å². The molecule has 0 aromatic carbocycles. The molecule has 1 fully saturated rings. The zero-order valence-electron chi connectivity index (χ0n) is 12.7. The molecule has 0 atom stereocenters. The first kappa shape index (κ1) is 15.6. The van der Waals surface area contributed by atoms with E-state index in [0.717, 1.165) is 0 Å². The first-order chi connectivity index (χ1) is 11.1. The Morgan fingerprint density at radius 1 is 1.35 bits per heavy atom. The van der Waals surface area contributed by atoms with Crippen molar-refractivity contribution in [1.82, 2.24) is 14.9 Å². The molecule has 0 bridgehead atoms. The first-order valence-electron chi connectivity index (χ1n) is 7.44. The molecule has 0 aliphatic carbocycles. The van der Waals surface area contributed by atoms with Crippen molar-refractivity contribution < 1.29 is 9.53 Å². The maximum Gasteiger partial charge on any atom is 0.409 e. The third-order valence-corrected chi connectivity index (χ3v) is 4.08. The van der Waals surface area contributed by atoms with Crippen molar-refractivity contribution in [3.05, 3.63) is 33.6 Å². The van der Waals surface area contributed by atoms with Crippen LogP contribution in [0.3, 0.4) is 0 Å². The number of anilines is 1. The molecule has 7 nitrogen and oxygen atoms in total. The number of pyridine rings is 2. The highest BCUT2D eigenvalue weighted by atomic mass is 35.5. The van der Waals surface area contributed by atoms with E-state index in [1.165, 1.54) is 6.07 Å². The van der Waals surface area contributed by atoms with Gasteiger partial charge in [-0.2, -0.15) is 0 Å². The van der Waals surface area contributed by atoms with Gasteiger partial charge in [0.25, 0.3) is 0 Å². The van der Waals surface area contributed by atoms with E-state index in [-0.39, 0.29) is 11.7 Å². The zero-order valence-corrected chi connectivity index (χ0v) is 13.5. The van der Waals surface area contributed by atoms with E-state index >= 15 is 0 Å². The second-order valence-electron chi connectivity index (χ2n) is 5.22. The number of carbonyl (C=O) groups is 1. The molecule has 1 saturated heterocycles. The van der Waals surface area contributed by atoms with Gasteiger partial charge in [0.05, 0.1) is 11.6 Å². The van der Waals surface area contributed by atoms with Gasteiger partial charge < -0.3 is 19.5 Å². The number of carbonyl (C=O) groups excluding carboxylic acids is 1. The van der Waals surface area contributed by atoms with Crippen LogP contribution in [0.5, 0.6) is 0 Å². The Balaban J connectivity index is 1.79. The van der Waals surface area contributed by atoms with Gasteiger partial charge in [-0.3, -0.25) is 4.79 Å². The van der Waals surface area contributed by atoms with E-state index in [1.807, 2.05) is 4.90 Å². The Kier molecular flexibility index (Phi) is 4.38. The van der Waals surface area contributed by atoms with Crippen molar-refractivity contribution in [2.24, 2.45) is 0 Å². The average molecular weight is 337 g/mol. The lowest BCUT2D eigenvalue weighted by atomic mass is 10.2. The number of halogens is 1. The monoisotopic (exact) mass is 336 g/mol. The minimum atomic E-state index is -0.291. The molecule has 0 spiro atoms. The second-order valence-corrected chi connectivity index (χ2v) is 5.63. The lowest BCUT2D eigenvalue weighted by Gasteiger charge is -2.34. The molecule has 1 aliphatic heterocycles. The van der Waals surface area contributed by atoms with E-state index in [4.69, 9.17) is 16.3 Å². The lowest BCUT2D eigenvalue weighted by Crippen LogP contribution is -2.49. The summed E-state index contributed by atoms with van der Waals surface area (Å²) in [4.78, 5) is 34.0. The van der Waals surface area contributed by atoms with Crippen molar-refractivity contribution in [2.45, 2.75) is 6.92 Å². The van der Waals surface area contributed by atoms with Crippen molar-refractivity contribution >= 4 is 34.5 Å². The summed E-state index contributed by atoms with van der Waals surface area (Å²) in [5.74, 6) is 0.688. The van der Waals surface area contributed by atoms with Crippen LogP contribution in [0.1, 0.15) is 6.92 Å². The first-order valence-corrected chi connectivity index (χ1v) is 7.82. The molecule has 3 heterocycles. The summed E-state index contributed by atoms with van der Waals surface area (Å²) in [6.07, 6.45) is -0.291. The largest absolute Gasteiger partial charge is 0.450 e. The molecule has 1 N–H and O–H groups in total. The number of hydrogen-bond donors (Lipinski definition) is 1. The highest BCUT2D eigenvalue weighted by Gasteiger charge is 2.23. The number of amides is 1. The molecule has 8 heteroatoms. The third-order valence-electron chi connectivity index (χ3n) is 3.77. The van der Waals surface area contributed by atoms with Crippen LogP contribution in [-0.2, 0) is 4.74 Å². The van der Waals surface area contributed by atoms with Crippen molar-refractivity contribution in [2.75, 3.05) is 37.7 Å². The Bertz CT molecular complexity index is 784. The summed E-state index contributed by atoms with van der Waals surface area (Å²) in [7, 11) is 0. The number of hydrogen-bond acceptors (Lipinski definition) is 5. The minimum Gasteiger partial charge on any atom is -0.450 e. The molecule has 2 aromatic rings. The van der Waals surface area contributed by atoms with E-state index in [9.17, 15) is 9.59 Å². The van der Waals surface area contributed by atoms with Gasteiger partial charge in [-0.1, -0.05) is 11.6 Å². The maximum absolute atomic E-state index is 11.7. The quantitative estimate of drug-likeness (QED) is 0.905. The number of aromatic amines is 1. The summed E-state index contributed by atoms with van der Waals surface area (Å²) in [5, 5.41) is 1.24. The molecule has 1 amide bonds. The Labute approximate surface area is 137 Å². The molecule has 0 unspecified atom stereocenters. The number of rotatable bonds is 2. The molecule has 3 rings (SSSR count). The Morgan fingerprint density at radius 3 is 2.78 bits per heavy atom. The Morgan fingerprint density at radius 2 is 2.09 bits per heavy atom. The maximum atomic E-state index is 11.7. The second kappa shape index (κ2) is 6.45. The fourth-order valence-corrected chi connectivity index (χ4v) is 2.83. The molecule has 23 heavy (non-hydrogen) atoms. The van der Waals surface area contributed by atoms with Crippen LogP contribution in [0.25, 0.3) is 11.0 Å². The molecule has 0 saturated carbocycles. The predicted molar refractivity (Wildman–Crippen MR) is 88.2 cm³/mol. The standard InChI is InChI=1S/C15H17ClN4O3/c1-2-23-15(22)20-7-5-19(6-8-20)12-9-11(16)10-3-4-13(21)18-14(10)17-12/h3-4,9H,2,5-8H2,1H3,(H,17,18,21). The summed E-state index contributed by atoms with van der Waals surface area (Å²) in [5.41, 5.74) is 0.248. The van der Waals surface area contributed by atoms with Crippen molar-refractivity contribution in [1.29, 1.82) is 0 Å². The van der Waals surface area contributed by atoms with Crippen LogP contribution < -0.4 is 10.5 Å². The number of fused-ring (bicyclic) bond motifs is 1. The van der Waals surface area contributed by atoms with Crippen LogP contribution in [0.2, 0.25) is 5.02 Å². The van der Waals surface area contributed by atoms with Crippen molar-refractivity contribution in [3.8, 4) is 0 Å². The van der Waals surface area contributed by atoms with Crippen LogP contribution in [0.15, 0.2) is 23.0 Å². The topological polar surface area (TPSA) is 78.5 Å². The Hall–Kier alpha value is -2.28. The highest BCUT2D eigenvalue weighted by molar-refractivity contribution is 6.35.